The highest BCUT2D eigenvalue weighted by Crippen LogP contribution is 2.41. The second-order valence-corrected chi connectivity index (χ2v) is 22.7. The molecule has 4 fully saturated rings. The molecule has 12 nitrogen and oxygen atoms in total. The number of allylic oxidation sites excluding steroid dienone is 7. The predicted molar refractivity (Wildman–Crippen MR) is 340 cm³/mol. The number of ketones is 3. The van der Waals surface area contributed by atoms with E-state index in [1.165, 1.54) is 42.6 Å². The number of Topliss-reactive ketones (excluding diaryl/α,β-unsaturated/α-hetero) is 3. The molecule has 476 valence electrons. The second kappa shape index (κ2) is 45.8. The minimum Gasteiger partial charge on any atom is -0.460 e. The number of unbranched alkanes of at least 4 members (excludes halogenated alkanes) is 2. The summed E-state index contributed by atoms with van der Waals surface area (Å²) in [6, 6.07) is -1.06. The molecule has 82 heavy (non-hydrogen) atoms. The van der Waals surface area contributed by atoms with Crippen molar-refractivity contribution in [1.29, 1.82) is 0 Å². The molecule has 0 radical (unpaired) electrons. The number of hydrogen-bond acceptors (Lipinski definition) is 11. The third kappa shape index (κ3) is 29.0. The smallest absolute Gasteiger partial charge is 0.329 e. The molecule has 0 spiro atoms. The van der Waals surface area contributed by atoms with E-state index in [0.717, 1.165) is 37.7 Å². The summed E-state index contributed by atoms with van der Waals surface area (Å²) in [6.07, 6.45) is 25.2. The molecular formula is C70H125NO11. The highest BCUT2D eigenvalue weighted by atomic mass is 16.7. The average Bonchev–Trinajstić information content (AvgIpc) is 4.44. The Morgan fingerprint density at radius 3 is 1.91 bits per heavy atom. The summed E-state index contributed by atoms with van der Waals surface area (Å²) in [7, 11) is 3.43. The van der Waals surface area contributed by atoms with Crippen molar-refractivity contribution in [3.8, 4) is 0 Å². The Kier molecular flexibility index (Phi) is 44.9. The highest BCUT2D eigenvalue weighted by molar-refractivity contribution is 6.39. The number of rotatable bonds is 9. The Bertz CT molecular complexity index is 1910. The van der Waals surface area contributed by atoms with E-state index in [0.29, 0.717) is 74.7 Å². The van der Waals surface area contributed by atoms with Crippen LogP contribution in [0, 0.1) is 41.4 Å². The summed E-state index contributed by atoms with van der Waals surface area (Å²) in [5.41, 5.74) is 2.98. The highest BCUT2D eigenvalue weighted by Gasteiger charge is 2.64. The van der Waals surface area contributed by atoms with Gasteiger partial charge in [0, 0.05) is 44.9 Å². The lowest BCUT2D eigenvalue weighted by Crippen LogP contribution is -2.54. The van der Waals surface area contributed by atoms with Crippen LogP contribution in [0.4, 0.5) is 0 Å². The number of aliphatic hydroxyl groups excluding tert-OH is 1. The second-order valence-electron chi connectivity index (χ2n) is 22.7. The molecule has 14 atom stereocenters. The molecule has 5 rings (SSSR count). The lowest BCUT2D eigenvalue weighted by molar-refractivity contribution is -0.166. The molecule has 5 aliphatic rings. The number of epoxide rings is 1. The Morgan fingerprint density at radius 1 is 0.768 bits per heavy atom. The number of ether oxygens (including phenoxy) is 4. The minimum absolute atomic E-state index is 0.0453. The Morgan fingerprint density at radius 2 is 1.37 bits per heavy atom. The zero-order valence-electron chi connectivity index (χ0n) is 56.0. The number of methoxy groups -OCH3 is 2. The predicted octanol–water partition coefficient (Wildman–Crippen LogP) is 16.2. The molecular weight excluding hydrogens is 1030 g/mol. The van der Waals surface area contributed by atoms with Gasteiger partial charge in [-0.15, -0.1) is 0 Å². The fourth-order valence-corrected chi connectivity index (χ4v) is 10.9. The summed E-state index contributed by atoms with van der Waals surface area (Å²) in [5, 5.41) is 22.6. The van der Waals surface area contributed by atoms with Crippen molar-refractivity contribution in [1.82, 2.24) is 4.90 Å². The molecule has 2 aliphatic carbocycles. The van der Waals surface area contributed by atoms with Crippen molar-refractivity contribution in [2.24, 2.45) is 41.4 Å². The fraction of sp³-hybridized carbons (Fsp3) is 0.786. The molecule has 3 aliphatic heterocycles. The topological polar surface area (TPSA) is 169 Å². The van der Waals surface area contributed by atoms with E-state index in [1.54, 1.807) is 41.1 Å². The first-order valence-electron chi connectivity index (χ1n) is 32.8. The number of amides is 1. The van der Waals surface area contributed by atoms with E-state index >= 15 is 0 Å². The van der Waals surface area contributed by atoms with Crippen molar-refractivity contribution < 1.29 is 53.1 Å². The fourth-order valence-electron chi connectivity index (χ4n) is 10.9. The number of fused-ring (bicyclic) bond motifs is 2. The van der Waals surface area contributed by atoms with Gasteiger partial charge in [-0.25, -0.2) is 4.79 Å². The van der Waals surface area contributed by atoms with Crippen LogP contribution in [0.1, 0.15) is 253 Å². The molecule has 2 saturated carbocycles. The monoisotopic (exact) mass is 1160 g/mol. The molecule has 0 aromatic rings. The van der Waals surface area contributed by atoms with Gasteiger partial charge in [0.15, 0.2) is 0 Å². The van der Waals surface area contributed by atoms with Crippen LogP contribution in [0.3, 0.4) is 0 Å². The van der Waals surface area contributed by atoms with Gasteiger partial charge in [0.1, 0.15) is 29.8 Å². The first-order valence-corrected chi connectivity index (χ1v) is 32.8. The Labute approximate surface area is 502 Å². The van der Waals surface area contributed by atoms with Crippen molar-refractivity contribution in [3.63, 3.8) is 0 Å². The van der Waals surface area contributed by atoms with Gasteiger partial charge in [-0.3, -0.25) is 19.2 Å². The Balaban J connectivity index is 0. The maximum absolute atomic E-state index is 14.2. The summed E-state index contributed by atoms with van der Waals surface area (Å²) >= 11 is 0. The van der Waals surface area contributed by atoms with Crippen molar-refractivity contribution >= 4 is 29.2 Å². The van der Waals surface area contributed by atoms with Gasteiger partial charge in [0.05, 0.1) is 18.3 Å². The van der Waals surface area contributed by atoms with E-state index in [1.807, 2.05) is 93.5 Å². The van der Waals surface area contributed by atoms with Crippen molar-refractivity contribution in [3.05, 3.63) is 59.8 Å². The van der Waals surface area contributed by atoms with E-state index in [-0.39, 0.29) is 55.0 Å². The maximum Gasteiger partial charge on any atom is 0.329 e. The zero-order chi connectivity index (χ0) is 63.1. The number of carbonyl (C=O) groups is 5. The quantitative estimate of drug-likeness (QED) is 0.0975. The van der Waals surface area contributed by atoms with Crippen LogP contribution in [0.5, 0.6) is 0 Å². The number of aliphatic hydroxyl groups is 2. The van der Waals surface area contributed by atoms with E-state index in [9.17, 15) is 34.2 Å². The van der Waals surface area contributed by atoms with Gasteiger partial charge in [-0.05, 0) is 132 Å². The third-order valence-electron chi connectivity index (χ3n) is 16.4. The molecule has 2 saturated heterocycles. The van der Waals surface area contributed by atoms with Crippen LogP contribution in [0.15, 0.2) is 59.8 Å². The van der Waals surface area contributed by atoms with Gasteiger partial charge in [-0.2, -0.15) is 0 Å². The number of carbonyl (C=O) groups excluding carboxylic acids is 5. The van der Waals surface area contributed by atoms with E-state index in [4.69, 9.17) is 18.9 Å². The SMILES string of the molecule is C=C1CC1.CC.CC.CC.CC.CCC(C)C1CCC(CCC2CC(=O)C(C)/C=C(\C)C(O)C(C)C(=O)C(C)CC(C)/C=C/C=C/C=C(\C)C(OC)CCCCC3OC3(O)C(=O)C(=O)N3CCCCC3C(=O)O2)CC1OC.CCCCC. The van der Waals surface area contributed by atoms with Crippen LogP contribution in [-0.2, 0) is 42.9 Å². The molecule has 1 amide bonds. The summed E-state index contributed by atoms with van der Waals surface area (Å²) < 4.78 is 23.4. The van der Waals surface area contributed by atoms with Gasteiger partial charge < -0.3 is 34.1 Å². The number of cyclic esters (lactones) is 1. The molecule has 0 aromatic heterocycles. The molecule has 14 unspecified atom stereocenters. The normalized spacial score (nSPS) is 33.0. The van der Waals surface area contributed by atoms with Crippen LogP contribution in [0.25, 0.3) is 0 Å². The summed E-state index contributed by atoms with van der Waals surface area (Å²) in [5.74, 6) is -5.39. The van der Waals surface area contributed by atoms with Gasteiger partial charge in [-0.1, -0.05) is 198 Å². The standard InChI is InChI=1S/C53H83NO11.C5H12.C4H6.4C2H6/c1-11-34(3)42-27-25-40(31-46(42)63-10)24-26-41-32-44(55)36(5)30-38(7)49(57)39(8)48(56)37(6)29-33(2)19-13-12-14-20-35(4)45(62-9)22-15-16-23-47-53(61,65-47)50(58)51(59)54-28-18-17-21-43(54)52(60)64-41;1-3-5-4-2;1-4-2-3-4;4*1-2/h12-14,19-20,30,33-34,36-37,39-43,45-47,49,57,61H,11,15-18,21-29,31-32H2,1-10H3;3-5H2,1-2H3;1-3H2;4*1-2H3/b14-12+,19-13+,35-20+,38-30+;;;;;;. The zero-order valence-corrected chi connectivity index (χ0v) is 56.0. The number of nitrogens with zero attached hydrogens (tertiary/aromatic N) is 1. The minimum atomic E-state index is -2.24. The third-order valence-corrected chi connectivity index (χ3v) is 16.4. The first-order chi connectivity index (χ1) is 39.2. The molecule has 3 heterocycles. The summed E-state index contributed by atoms with van der Waals surface area (Å²) in [6.45, 7) is 39.9. The number of hydrogen-bond donors (Lipinski definition) is 2. The van der Waals surface area contributed by atoms with E-state index in [2.05, 4.69) is 47.3 Å². The average molecular weight is 1160 g/mol. The molecule has 2 N–H and O–H groups in total. The van der Waals surface area contributed by atoms with Gasteiger partial charge >= 0.3 is 5.97 Å². The van der Waals surface area contributed by atoms with Gasteiger partial charge in [0.25, 0.3) is 17.5 Å². The number of esters is 1. The lowest BCUT2D eigenvalue weighted by atomic mass is 9.72. The van der Waals surface area contributed by atoms with E-state index < -0.39 is 59.6 Å². The maximum atomic E-state index is 14.2. The molecule has 12 heteroatoms. The van der Waals surface area contributed by atoms with Crippen LogP contribution < -0.4 is 0 Å². The first kappa shape index (κ1) is 80.5. The largest absolute Gasteiger partial charge is 0.460 e. The Hall–Kier alpha value is -3.55. The number of piperidine rings is 1. The van der Waals surface area contributed by atoms with Crippen LogP contribution in [-0.4, -0.2) is 107 Å². The van der Waals surface area contributed by atoms with Gasteiger partial charge in [0.2, 0.25) is 0 Å². The molecule has 0 bridgehead atoms. The van der Waals surface area contributed by atoms with Crippen LogP contribution >= 0.6 is 0 Å². The van der Waals surface area contributed by atoms with Crippen molar-refractivity contribution in [2.75, 3.05) is 20.8 Å². The van der Waals surface area contributed by atoms with Crippen molar-refractivity contribution in [2.45, 2.75) is 295 Å². The lowest BCUT2D eigenvalue weighted by Gasteiger charge is -2.39. The summed E-state index contributed by atoms with van der Waals surface area (Å²) in [4.78, 5) is 70.4. The molecule has 0 aromatic carbocycles. The van der Waals surface area contributed by atoms with Crippen LogP contribution in [0.2, 0.25) is 0 Å².